The fraction of sp³-hybridized carbons (Fsp3) is 0.400. The highest BCUT2D eigenvalue weighted by Crippen LogP contribution is 1.95. The quantitative estimate of drug-likeness (QED) is 0.357. The summed E-state index contributed by atoms with van der Waals surface area (Å²) in [4.78, 5) is 14.5. The SMILES string of the molecule is C\C=C(C)/N=C/C(C=O)=C/CC. The van der Waals surface area contributed by atoms with E-state index in [9.17, 15) is 4.79 Å². The molecular formula is C10H15NO. The van der Waals surface area contributed by atoms with E-state index >= 15 is 0 Å². The van der Waals surface area contributed by atoms with Crippen molar-refractivity contribution in [1.29, 1.82) is 0 Å². The Morgan fingerprint density at radius 2 is 2.17 bits per heavy atom. The van der Waals surface area contributed by atoms with E-state index < -0.39 is 0 Å². The lowest BCUT2D eigenvalue weighted by Gasteiger charge is -1.89. The molecule has 0 rings (SSSR count). The van der Waals surface area contributed by atoms with Gasteiger partial charge in [0.05, 0.1) is 0 Å². The number of hydrogen-bond donors (Lipinski definition) is 0. The summed E-state index contributed by atoms with van der Waals surface area (Å²) in [5.41, 5.74) is 1.55. The Hall–Kier alpha value is -1.18. The molecular weight excluding hydrogens is 150 g/mol. The summed E-state index contributed by atoms with van der Waals surface area (Å²) in [6.45, 7) is 5.79. The molecule has 0 fully saturated rings. The maximum atomic E-state index is 10.4. The van der Waals surface area contributed by atoms with E-state index in [1.165, 1.54) is 0 Å². The molecule has 0 saturated carbocycles. The van der Waals surface area contributed by atoms with Gasteiger partial charge in [-0.05, 0) is 20.3 Å². The second-order valence-electron chi connectivity index (χ2n) is 2.42. The molecule has 0 aromatic carbocycles. The molecule has 0 aliphatic heterocycles. The van der Waals surface area contributed by atoms with Crippen LogP contribution in [0.3, 0.4) is 0 Å². The normalized spacial score (nSPS) is 13.9. The zero-order chi connectivity index (χ0) is 9.40. The molecule has 0 bridgehead atoms. The minimum Gasteiger partial charge on any atom is -0.298 e. The first kappa shape index (κ1) is 10.8. The Bertz CT molecular complexity index is 224. The summed E-state index contributed by atoms with van der Waals surface area (Å²) < 4.78 is 0. The van der Waals surface area contributed by atoms with Gasteiger partial charge < -0.3 is 0 Å². The number of hydrogen-bond acceptors (Lipinski definition) is 2. The van der Waals surface area contributed by atoms with Crippen LogP contribution in [0.15, 0.2) is 28.4 Å². The van der Waals surface area contributed by atoms with E-state index in [0.29, 0.717) is 5.57 Å². The van der Waals surface area contributed by atoms with E-state index in [1.807, 2.05) is 32.9 Å². The van der Waals surface area contributed by atoms with Crippen LogP contribution < -0.4 is 0 Å². The third-order valence-electron chi connectivity index (χ3n) is 1.41. The van der Waals surface area contributed by atoms with Crippen molar-refractivity contribution >= 4 is 12.5 Å². The van der Waals surface area contributed by atoms with Crippen LogP contribution in [0.5, 0.6) is 0 Å². The predicted molar refractivity (Wildman–Crippen MR) is 52.4 cm³/mol. The van der Waals surface area contributed by atoms with Gasteiger partial charge in [-0.1, -0.05) is 19.1 Å². The minimum absolute atomic E-state index is 0.638. The Morgan fingerprint density at radius 1 is 1.50 bits per heavy atom. The van der Waals surface area contributed by atoms with E-state index in [4.69, 9.17) is 0 Å². The number of allylic oxidation sites excluding steroid dienone is 4. The van der Waals surface area contributed by atoms with Crippen LogP contribution in [0.2, 0.25) is 0 Å². The van der Waals surface area contributed by atoms with Gasteiger partial charge >= 0.3 is 0 Å². The minimum atomic E-state index is 0.638. The van der Waals surface area contributed by atoms with Gasteiger partial charge in [-0.15, -0.1) is 0 Å². The van der Waals surface area contributed by atoms with Crippen LogP contribution in [0.1, 0.15) is 27.2 Å². The highest BCUT2D eigenvalue weighted by Gasteiger charge is 1.87. The predicted octanol–water partition coefficient (Wildman–Crippen LogP) is 2.52. The molecule has 0 spiro atoms. The van der Waals surface area contributed by atoms with Gasteiger partial charge in [0.1, 0.15) is 0 Å². The number of aldehydes is 1. The lowest BCUT2D eigenvalue weighted by Crippen LogP contribution is -1.86. The zero-order valence-corrected chi connectivity index (χ0v) is 7.87. The van der Waals surface area contributed by atoms with Crippen LogP contribution in [0, 0.1) is 0 Å². The summed E-state index contributed by atoms with van der Waals surface area (Å²) in [6, 6.07) is 0. The first-order chi connectivity index (χ1) is 5.74. The van der Waals surface area contributed by atoms with E-state index in [0.717, 1.165) is 18.4 Å². The highest BCUT2D eigenvalue weighted by atomic mass is 16.1. The zero-order valence-electron chi connectivity index (χ0n) is 7.87. The smallest absolute Gasteiger partial charge is 0.151 e. The summed E-state index contributed by atoms with van der Waals surface area (Å²) in [7, 11) is 0. The molecule has 0 N–H and O–H groups in total. The van der Waals surface area contributed by atoms with E-state index in [2.05, 4.69) is 4.99 Å². The summed E-state index contributed by atoms with van der Waals surface area (Å²) >= 11 is 0. The Balaban J connectivity index is 4.30. The van der Waals surface area contributed by atoms with Crippen LogP contribution in [0.25, 0.3) is 0 Å². The summed E-state index contributed by atoms with van der Waals surface area (Å²) in [5.74, 6) is 0. The van der Waals surface area contributed by atoms with Crippen LogP contribution in [0.4, 0.5) is 0 Å². The Labute approximate surface area is 73.7 Å². The second kappa shape index (κ2) is 6.53. The molecule has 0 aliphatic rings. The van der Waals surface area contributed by atoms with Crippen molar-refractivity contribution in [1.82, 2.24) is 0 Å². The van der Waals surface area contributed by atoms with Crippen molar-refractivity contribution in [3.05, 3.63) is 23.4 Å². The fourth-order valence-corrected chi connectivity index (χ4v) is 0.618. The highest BCUT2D eigenvalue weighted by molar-refractivity contribution is 6.01. The van der Waals surface area contributed by atoms with Gasteiger partial charge in [-0.2, -0.15) is 0 Å². The van der Waals surface area contributed by atoms with Crippen molar-refractivity contribution in [3.8, 4) is 0 Å². The van der Waals surface area contributed by atoms with Gasteiger partial charge in [0.15, 0.2) is 6.29 Å². The van der Waals surface area contributed by atoms with E-state index in [1.54, 1.807) is 6.21 Å². The number of nitrogens with zero attached hydrogens (tertiary/aromatic N) is 1. The van der Waals surface area contributed by atoms with Crippen LogP contribution in [-0.2, 0) is 4.79 Å². The number of carbonyl (C=O) groups excluding carboxylic acids is 1. The average Bonchev–Trinajstić information content (AvgIpc) is 2.11. The molecule has 0 saturated heterocycles. The third-order valence-corrected chi connectivity index (χ3v) is 1.41. The van der Waals surface area contributed by atoms with Gasteiger partial charge in [-0.25, -0.2) is 0 Å². The molecule has 0 radical (unpaired) electrons. The number of aliphatic imine (C=N–C) groups is 1. The van der Waals surface area contributed by atoms with Gasteiger partial charge in [0.25, 0.3) is 0 Å². The van der Waals surface area contributed by atoms with Crippen molar-refractivity contribution in [2.75, 3.05) is 0 Å². The van der Waals surface area contributed by atoms with Gasteiger partial charge in [-0.3, -0.25) is 9.79 Å². The molecule has 0 amide bonds. The first-order valence-corrected chi connectivity index (χ1v) is 4.06. The van der Waals surface area contributed by atoms with Gasteiger partial charge in [0, 0.05) is 17.5 Å². The van der Waals surface area contributed by atoms with Crippen molar-refractivity contribution in [3.63, 3.8) is 0 Å². The molecule has 0 unspecified atom stereocenters. The molecule has 0 aromatic rings. The van der Waals surface area contributed by atoms with Crippen LogP contribution >= 0.6 is 0 Å². The lowest BCUT2D eigenvalue weighted by molar-refractivity contribution is -0.104. The third kappa shape index (κ3) is 4.61. The number of rotatable bonds is 4. The molecule has 0 heterocycles. The molecule has 2 nitrogen and oxygen atoms in total. The summed E-state index contributed by atoms with van der Waals surface area (Å²) in [5, 5.41) is 0. The van der Waals surface area contributed by atoms with Crippen molar-refractivity contribution in [2.45, 2.75) is 27.2 Å². The Morgan fingerprint density at radius 3 is 2.58 bits per heavy atom. The molecule has 2 heteroatoms. The molecule has 66 valence electrons. The second-order valence-corrected chi connectivity index (χ2v) is 2.42. The Kier molecular flexibility index (Phi) is 5.88. The van der Waals surface area contributed by atoms with Gasteiger partial charge in [0.2, 0.25) is 0 Å². The molecule has 0 aliphatic carbocycles. The first-order valence-electron chi connectivity index (χ1n) is 4.06. The standard InChI is InChI=1S/C10H15NO/c1-4-6-10(8-12)7-11-9(3)5-2/h5-8H,4H2,1-3H3/b9-5-,10-6-,11-7+. The van der Waals surface area contributed by atoms with Crippen LogP contribution in [-0.4, -0.2) is 12.5 Å². The average molecular weight is 165 g/mol. The number of carbonyl (C=O) groups is 1. The lowest BCUT2D eigenvalue weighted by atomic mass is 10.2. The van der Waals surface area contributed by atoms with Crippen molar-refractivity contribution < 1.29 is 4.79 Å². The van der Waals surface area contributed by atoms with E-state index in [-0.39, 0.29) is 0 Å². The molecule has 0 aromatic heterocycles. The largest absolute Gasteiger partial charge is 0.298 e. The monoisotopic (exact) mass is 165 g/mol. The summed E-state index contributed by atoms with van der Waals surface area (Å²) in [6.07, 6.45) is 7.00. The maximum Gasteiger partial charge on any atom is 0.151 e. The van der Waals surface area contributed by atoms with Crippen molar-refractivity contribution in [2.24, 2.45) is 4.99 Å². The molecule has 12 heavy (non-hydrogen) atoms. The maximum absolute atomic E-state index is 10.4. The fourth-order valence-electron chi connectivity index (χ4n) is 0.618. The molecule has 0 atom stereocenters. The topological polar surface area (TPSA) is 29.4 Å².